The van der Waals surface area contributed by atoms with Gasteiger partial charge in [-0.2, -0.15) is 10.1 Å². The fourth-order valence-corrected chi connectivity index (χ4v) is 3.38. The van der Waals surface area contributed by atoms with Crippen LogP contribution in [0.15, 0.2) is 42.4 Å². The summed E-state index contributed by atoms with van der Waals surface area (Å²) in [7, 11) is 0. The quantitative estimate of drug-likeness (QED) is 0.943. The number of hydrogen-bond donors (Lipinski definition) is 1. The van der Waals surface area contributed by atoms with E-state index in [9.17, 15) is 4.79 Å². The highest BCUT2D eigenvalue weighted by Crippen LogP contribution is 2.41. The lowest BCUT2D eigenvalue weighted by atomic mass is 9.81. The van der Waals surface area contributed by atoms with Crippen molar-refractivity contribution in [2.75, 3.05) is 11.9 Å². The lowest BCUT2D eigenvalue weighted by Gasteiger charge is -2.36. The molecule has 1 N–H and O–H groups in total. The molecule has 1 aliphatic carbocycles. The number of ketones is 1. The number of nitrogens with one attached hydrogen (secondary N) is 1. The molecule has 0 amide bonds. The van der Waals surface area contributed by atoms with Crippen molar-refractivity contribution in [2.24, 2.45) is 5.92 Å². The highest BCUT2D eigenvalue weighted by molar-refractivity contribution is 5.87. The fourth-order valence-electron chi connectivity index (χ4n) is 3.38. The van der Waals surface area contributed by atoms with Crippen molar-refractivity contribution in [1.29, 1.82) is 0 Å². The average molecular weight is 310 g/mol. The van der Waals surface area contributed by atoms with E-state index in [1.165, 1.54) is 6.33 Å². The Labute approximate surface area is 134 Å². The van der Waals surface area contributed by atoms with E-state index in [4.69, 9.17) is 4.74 Å². The Morgan fingerprint density at radius 3 is 2.96 bits per heavy atom. The van der Waals surface area contributed by atoms with Crippen molar-refractivity contribution in [3.05, 3.63) is 47.9 Å². The molecule has 2 aromatic rings. The minimum atomic E-state index is -0.226. The highest BCUT2D eigenvalue weighted by atomic mass is 16.5. The summed E-state index contributed by atoms with van der Waals surface area (Å²) in [6.45, 7) is 2.59. The molecule has 0 spiro atoms. The second-order valence-electron chi connectivity index (χ2n) is 5.74. The van der Waals surface area contributed by atoms with Crippen LogP contribution in [-0.4, -0.2) is 27.2 Å². The predicted octanol–water partition coefficient (Wildman–Crippen LogP) is 2.55. The molecule has 2 heterocycles. The van der Waals surface area contributed by atoms with Crippen LogP contribution in [0.2, 0.25) is 0 Å². The molecule has 6 nitrogen and oxygen atoms in total. The van der Waals surface area contributed by atoms with Gasteiger partial charge in [0.25, 0.3) is 0 Å². The second-order valence-corrected chi connectivity index (χ2v) is 5.74. The highest BCUT2D eigenvalue weighted by Gasteiger charge is 2.40. The van der Waals surface area contributed by atoms with Gasteiger partial charge in [0.1, 0.15) is 17.9 Å². The minimum absolute atomic E-state index is 0.163. The zero-order valence-corrected chi connectivity index (χ0v) is 12.9. The molecule has 2 aliphatic rings. The van der Waals surface area contributed by atoms with Gasteiger partial charge in [0.15, 0.2) is 0 Å². The molecular weight excluding hydrogens is 292 g/mol. The van der Waals surface area contributed by atoms with Gasteiger partial charge in [-0.3, -0.25) is 4.79 Å². The minimum Gasteiger partial charge on any atom is -0.494 e. The maximum absolute atomic E-state index is 12.5. The molecule has 6 heteroatoms. The average Bonchev–Trinajstić information content (AvgIpc) is 3.02. The Balaban J connectivity index is 1.79. The van der Waals surface area contributed by atoms with Crippen LogP contribution in [0.4, 0.5) is 5.95 Å². The van der Waals surface area contributed by atoms with E-state index in [1.807, 2.05) is 31.2 Å². The van der Waals surface area contributed by atoms with E-state index < -0.39 is 0 Å². The summed E-state index contributed by atoms with van der Waals surface area (Å²) in [5.74, 6) is 1.53. The van der Waals surface area contributed by atoms with Gasteiger partial charge in [-0.15, -0.1) is 0 Å². The Morgan fingerprint density at radius 1 is 1.35 bits per heavy atom. The number of aromatic nitrogens is 3. The van der Waals surface area contributed by atoms with Crippen molar-refractivity contribution >= 4 is 11.7 Å². The van der Waals surface area contributed by atoms with Gasteiger partial charge in [-0.05, 0) is 31.0 Å². The number of carbonyl (C=O) groups excluding carboxylic acids is 1. The fraction of sp³-hybridized carbons (Fsp3) is 0.353. The lowest BCUT2D eigenvalue weighted by Crippen LogP contribution is -2.38. The second kappa shape index (κ2) is 5.53. The Bertz CT molecular complexity index is 763. The van der Waals surface area contributed by atoms with E-state index in [1.54, 1.807) is 4.68 Å². The van der Waals surface area contributed by atoms with Crippen molar-refractivity contribution < 1.29 is 9.53 Å². The lowest BCUT2D eigenvalue weighted by molar-refractivity contribution is -0.123. The number of fused-ring (bicyclic) bond motifs is 2. The number of rotatable bonds is 3. The van der Waals surface area contributed by atoms with Gasteiger partial charge < -0.3 is 10.1 Å². The van der Waals surface area contributed by atoms with Crippen LogP contribution < -0.4 is 10.1 Å². The number of hydrogen-bond acceptors (Lipinski definition) is 5. The SMILES string of the molecule is CCOc1ccc([C@@H]2[C@H]3C(=O)CCC=C3Nc3ncnn32)cc1. The third-order valence-corrected chi connectivity index (χ3v) is 4.38. The summed E-state index contributed by atoms with van der Waals surface area (Å²) in [4.78, 5) is 16.8. The van der Waals surface area contributed by atoms with E-state index in [0.717, 1.165) is 23.4 Å². The van der Waals surface area contributed by atoms with Crippen LogP contribution in [0.1, 0.15) is 31.4 Å². The number of benzene rings is 1. The molecule has 1 aromatic carbocycles. The number of allylic oxidation sites excluding steroid dienone is 2. The smallest absolute Gasteiger partial charge is 0.226 e. The molecule has 2 atom stereocenters. The van der Waals surface area contributed by atoms with Crippen molar-refractivity contribution in [3.63, 3.8) is 0 Å². The third-order valence-electron chi connectivity index (χ3n) is 4.38. The number of ether oxygens (including phenoxy) is 1. The Morgan fingerprint density at radius 2 is 2.17 bits per heavy atom. The summed E-state index contributed by atoms with van der Waals surface area (Å²) in [6, 6.07) is 7.73. The Hall–Kier alpha value is -2.63. The van der Waals surface area contributed by atoms with Crippen molar-refractivity contribution in [1.82, 2.24) is 14.8 Å². The molecule has 1 aromatic heterocycles. The van der Waals surface area contributed by atoms with Crippen LogP contribution in [0.3, 0.4) is 0 Å². The summed E-state index contributed by atoms with van der Waals surface area (Å²) in [5, 5.41) is 7.58. The Kier molecular flexibility index (Phi) is 3.37. The molecule has 0 fully saturated rings. The van der Waals surface area contributed by atoms with Crippen molar-refractivity contribution in [2.45, 2.75) is 25.8 Å². The predicted molar refractivity (Wildman–Crippen MR) is 85.2 cm³/mol. The first kappa shape index (κ1) is 14.0. The molecule has 1 aliphatic heterocycles. The van der Waals surface area contributed by atoms with E-state index in [0.29, 0.717) is 19.0 Å². The molecule has 118 valence electrons. The molecular formula is C17H18N4O2. The zero-order chi connectivity index (χ0) is 15.8. The number of nitrogens with zero attached hydrogens (tertiary/aromatic N) is 3. The van der Waals surface area contributed by atoms with Gasteiger partial charge in [0.2, 0.25) is 5.95 Å². The topological polar surface area (TPSA) is 69.0 Å². The van der Waals surface area contributed by atoms with Gasteiger partial charge >= 0.3 is 0 Å². The summed E-state index contributed by atoms with van der Waals surface area (Å²) >= 11 is 0. The van der Waals surface area contributed by atoms with Gasteiger partial charge in [0, 0.05) is 12.1 Å². The maximum atomic E-state index is 12.5. The molecule has 0 bridgehead atoms. The number of carbonyl (C=O) groups is 1. The van der Waals surface area contributed by atoms with Crippen LogP contribution >= 0.6 is 0 Å². The van der Waals surface area contributed by atoms with Crippen LogP contribution in [0.5, 0.6) is 5.75 Å². The first-order valence-corrected chi connectivity index (χ1v) is 7.90. The molecule has 0 saturated carbocycles. The normalized spacial score (nSPS) is 22.7. The van der Waals surface area contributed by atoms with E-state index >= 15 is 0 Å². The maximum Gasteiger partial charge on any atom is 0.226 e. The molecule has 23 heavy (non-hydrogen) atoms. The number of anilines is 1. The van der Waals surface area contributed by atoms with E-state index in [2.05, 4.69) is 21.5 Å². The monoisotopic (exact) mass is 310 g/mol. The standard InChI is InChI=1S/C17H18N4O2/c1-2-23-12-8-6-11(7-9-12)16-15-13(4-3-5-14(15)22)20-17-18-10-19-21(16)17/h4,6-10,15-16H,2-3,5H2,1H3,(H,18,19,20)/t15-,16-/m1/s1. The van der Waals surface area contributed by atoms with Crippen LogP contribution in [0.25, 0.3) is 0 Å². The van der Waals surface area contributed by atoms with Gasteiger partial charge in [0.05, 0.1) is 18.6 Å². The summed E-state index contributed by atoms with van der Waals surface area (Å²) in [6.07, 6.45) is 4.98. The van der Waals surface area contributed by atoms with Crippen molar-refractivity contribution in [3.8, 4) is 5.75 Å². The van der Waals surface area contributed by atoms with Gasteiger partial charge in [-0.1, -0.05) is 18.2 Å². The molecule has 4 rings (SSSR count). The molecule has 0 saturated heterocycles. The summed E-state index contributed by atoms with van der Waals surface area (Å²) in [5.41, 5.74) is 1.98. The van der Waals surface area contributed by atoms with Crippen LogP contribution in [0, 0.1) is 5.92 Å². The first-order valence-electron chi connectivity index (χ1n) is 7.90. The summed E-state index contributed by atoms with van der Waals surface area (Å²) < 4.78 is 7.31. The first-order chi connectivity index (χ1) is 11.3. The third kappa shape index (κ3) is 2.30. The molecule has 0 radical (unpaired) electrons. The van der Waals surface area contributed by atoms with Crippen LogP contribution in [-0.2, 0) is 4.79 Å². The zero-order valence-electron chi connectivity index (χ0n) is 12.9. The largest absolute Gasteiger partial charge is 0.494 e. The van der Waals surface area contributed by atoms with Gasteiger partial charge in [-0.25, -0.2) is 4.68 Å². The van der Waals surface area contributed by atoms with E-state index in [-0.39, 0.29) is 17.7 Å². The number of Topliss-reactive ketones (excluding diaryl/α,β-unsaturated/α-hetero) is 1. The molecule has 0 unspecified atom stereocenters.